The molecule has 0 aromatic heterocycles. The summed E-state index contributed by atoms with van der Waals surface area (Å²) in [5.74, 6) is 1.28. The van der Waals surface area contributed by atoms with Crippen LogP contribution in [0, 0.1) is 0 Å². The number of methoxy groups -OCH3 is 2. The minimum absolute atomic E-state index is 0.127. The van der Waals surface area contributed by atoms with Gasteiger partial charge in [0.25, 0.3) is 5.91 Å². The fourth-order valence-corrected chi connectivity index (χ4v) is 3.38. The van der Waals surface area contributed by atoms with Crippen molar-refractivity contribution in [3.05, 3.63) is 52.9 Å². The van der Waals surface area contributed by atoms with Crippen molar-refractivity contribution in [1.82, 2.24) is 4.90 Å². The lowest BCUT2D eigenvalue weighted by Crippen LogP contribution is -2.23. The number of hydrogen-bond donors (Lipinski definition) is 1. The summed E-state index contributed by atoms with van der Waals surface area (Å²) in [5, 5.41) is 10.1. The molecule has 3 rings (SSSR count). The van der Waals surface area contributed by atoms with E-state index in [-0.39, 0.29) is 11.7 Å². The van der Waals surface area contributed by atoms with E-state index in [1.54, 1.807) is 57.7 Å². The predicted octanol–water partition coefficient (Wildman–Crippen LogP) is 3.64. The van der Waals surface area contributed by atoms with E-state index in [2.05, 4.69) is 4.99 Å². The summed E-state index contributed by atoms with van der Waals surface area (Å²) < 4.78 is 10.6. The van der Waals surface area contributed by atoms with Crippen LogP contribution in [0.3, 0.4) is 0 Å². The lowest BCUT2D eigenvalue weighted by Gasteiger charge is -2.08. The third-order valence-corrected chi connectivity index (χ3v) is 4.85. The van der Waals surface area contributed by atoms with E-state index in [4.69, 9.17) is 9.47 Å². The van der Waals surface area contributed by atoms with Crippen LogP contribution in [0.1, 0.15) is 5.56 Å². The molecule has 134 valence electrons. The molecule has 0 unspecified atom stereocenters. The van der Waals surface area contributed by atoms with Crippen LogP contribution >= 0.6 is 11.8 Å². The molecule has 0 spiro atoms. The molecule has 0 bridgehead atoms. The summed E-state index contributed by atoms with van der Waals surface area (Å²) >= 11 is 1.27. The number of aliphatic imine (C=N–C) groups is 1. The second-order valence-electron chi connectivity index (χ2n) is 5.50. The van der Waals surface area contributed by atoms with Gasteiger partial charge in [-0.1, -0.05) is 6.07 Å². The van der Waals surface area contributed by atoms with Gasteiger partial charge >= 0.3 is 0 Å². The molecule has 0 atom stereocenters. The lowest BCUT2D eigenvalue weighted by atomic mass is 10.1. The number of rotatable bonds is 4. The molecule has 1 saturated heterocycles. The number of aromatic hydroxyl groups is 1. The summed E-state index contributed by atoms with van der Waals surface area (Å²) in [6, 6.07) is 12.0. The van der Waals surface area contributed by atoms with Gasteiger partial charge in [-0.25, -0.2) is 4.99 Å². The van der Waals surface area contributed by atoms with Crippen LogP contribution in [0.4, 0.5) is 5.69 Å². The molecule has 6 nitrogen and oxygen atoms in total. The van der Waals surface area contributed by atoms with Crippen molar-refractivity contribution >= 4 is 34.6 Å². The number of ether oxygens (including phenoxy) is 2. The highest BCUT2D eigenvalue weighted by Gasteiger charge is 2.30. The van der Waals surface area contributed by atoms with Gasteiger partial charge in [-0.15, -0.1) is 0 Å². The topological polar surface area (TPSA) is 71.4 Å². The largest absolute Gasteiger partial charge is 0.508 e. The number of thioether (sulfide) groups is 1. The molecule has 2 aromatic carbocycles. The molecule has 2 aromatic rings. The molecular weight excluding hydrogens is 352 g/mol. The Labute approximate surface area is 155 Å². The highest BCUT2D eigenvalue weighted by molar-refractivity contribution is 8.18. The smallest absolute Gasteiger partial charge is 0.266 e. The first-order valence-corrected chi connectivity index (χ1v) is 8.61. The number of phenols is 1. The number of carbonyl (C=O) groups excluding carboxylic acids is 1. The fraction of sp³-hybridized carbons (Fsp3) is 0.158. The molecule has 1 aliphatic heterocycles. The lowest BCUT2D eigenvalue weighted by molar-refractivity contribution is -0.121. The van der Waals surface area contributed by atoms with E-state index in [9.17, 15) is 9.90 Å². The van der Waals surface area contributed by atoms with Crippen LogP contribution in [0.25, 0.3) is 6.08 Å². The molecule has 0 aliphatic carbocycles. The Kier molecular flexibility index (Phi) is 5.18. The molecule has 0 saturated carbocycles. The summed E-state index contributed by atoms with van der Waals surface area (Å²) in [5.41, 5.74) is 1.35. The van der Waals surface area contributed by atoms with Crippen LogP contribution in [-0.4, -0.2) is 42.3 Å². The van der Waals surface area contributed by atoms with E-state index in [0.717, 1.165) is 5.56 Å². The zero-order chi connectivity index (χ0) is 18.7. The maximum absolute atomic E-state index is 12.5. The summed E-state index contributed by atoms with van der Waals surface area (Å²) in [7, 11) is 4.83. The minimum atomic E-state index is -0.147. The van der Waals surface area contributed by atoms with Gasteiger partial charge in [0.1, 0.15) is 17.2 Å². The van der Waals surface area contributed by atoms with Gasteiger partial charge < -0.3 is 14.6 Å². The third-order valence-electron chi connectivity index (χ3n) is 3.79. The van der Waals surface area contributed by atoms with Crippen molar-refractivity contribution < 1.29 is 19.4 Å². The van der Waals surface area contributed by atoms with Gasteiger partial charge in [0.15, 0.2) is 5.17 Å². The molecule has 0 radical (unpaired) electrons. The summed E-state index contributed by atoms with van der Waals surface area (Å²) in [6.45, 7) is 0. The number of carbonyl (C=O) groups is 1. The molecule has 26 heavy (non-hydrogen) atoms. The van der Waals surface area contributed by atoms with Crippen molar-refractivity contribution in [2.24, 2.45) is 4.99 Å². The van der Waals surface area contributed by atoms with Crippen LogP contribution < -0.4 is 9.47 Å². The van der Waals surface area contributed by atoms with E-state index in [0.29, 0.717) is 27.3 Å². The Hall–Kier alpha value is -2.93. The Balaban J connectivity index is 1.93. The maximum Gasteiger partial charge on any atom is 0.266 e. The Morgan fingerprint density at radius 1 is 1.15 bits per heavy atom. The molecule has 1 amide bonds. The minimum Gasteiger partial charge on any atom is -0.508 e. The van der Waals surface area contributed by atoms with Crippen molar-refractivity contribution in [2.75, 3.05) is 21.3 Å². The van der Waals surface area contributed by atoms with E-state index >= 15 is 0 Å². The molecule has 1 aliphatic rings. The van der Waals surface area contributed by atoms with Crippen LogP contribution in [0.2, 0.25) is 0 Å². The maximum atomic E-state index is 12.5. The second-order valence-corrected chi connectivity index (χ2v) is 6.51. The Morgan fingerprint density at radius 3 is 2.65 bits per heavy atom. The SMILES string of the molecule is COc1ccc(/C=C2\SC(=Nc3cccc(O)c3)N(C)C2=O)c(OC)c1. The second kappa shape index (κ2) is 7.53. The third kappa shape index (κ3) is 3.67. The number of hydrogen-bond acceptors (Lipinski definition) is 6. The highest BCUT2D eigenvalue weighted by atomic mass is 32.2. The average molecular weight is 370 g/mol. The molecule has 1 heterocycles. The van der Waals surface area contributed by atoms with Crippen LogP contribution in [0.15, 0.2) is 52.4 Å². The molecular formula is C19H18N2O4S. The normalized spacial score (nSPS) is 17.2. The van der Waals surface area contributed by atoms with Gasteiger partial charge in [0.05, 0.1) is 24.8 Å². The number of nitrogens with zero attached hydrogens (tertiary/aromatic N) is 2. The average Bonchev–Trinajstić information content (AvgIpc) is 2.90. The Bertz CT molecular complexity index is 908. The van der Waals surface area contributed by atoms with E-state index in [1.165, 1.54) is 16.7 Å². The molecule has 7 heteroatoms. The number of benzene rings is 2. The van der Waals surface area contributed by atoms with Gasteiger partial charge in [-0.2, -0.15) is 0 Å². The van der Waals surface area contributed by atoms with Crippen molar-refractivity contribution in [3.8, 4) is 17.2 Å². The summed E-state index contributed by atoms with van der Waals surface area (Å²) in [6.07, 6.45) is 1.77. The molecule has 1 fully saturated rings. The van der Waals surface area contributed by atoms with Crippen molar-refractivity contribution in [3.63, 3.8) is 0 Å². The number of likely N-dealkylation sites (N-methyl/N-ethyl adjacent to an activating group) is 1. The van der Waals surface area contributed by atoms with E-state index < -0.39 is 0 Å². The van der Waals surface area contributed by atoms with Crippen molar-refractivity contribution in [2.45, 2.75) is 0 Å². The van der Waals surface area contributed by atoms with Crippen LogP contribution in [-0.2, 0) is 4.79 Å². The zero-order valence-electron chi connectivity index (χ0n) is 14.6. The van der Waals surface area contributed by atoms with Gasteiger partial charge in [-0.05, 0) is 42.1 Å². The first-order chi connectivity index (χ1) is 12.5. The quantitative estimate of drug-likeness (QED) is 0.832. The Morgan fingerprint density at radius 2 is 1.96 bits per heavy atom. The fourth-order valence-electron chi connectivity index (χ4n) is 2.40. The zero-order valence-corrected chi connectivity index (χ0v) is 15.4. The predicted molar refractivity (Wildman–Crippen MR) is 103 cm³/mol. The van der Waals surface area contributed by atoms with Crippen LogP contribution in [0.5, 0.6) is 17.2 Å². The highest BCUT2D eigenvalue weighted by Crippen LogP contribution is 2.35. The first-order valence-electron chi connectivity index (χ1n) is 7.79. The van der Waals surface area contributed by atoms with E-state index in [1.807, 2.05) is 12.1 Å². The monoisotopic (exact) mass is 370 g/mol. The summed E-state index contributed by atoms with van der Waals surface area (Å²) in [4.78, 5) is 19.0. The number of amides is 1. The molecule has 1 N–H and O–H groups in total. The number of phenolic OH excluding ortho intramolecular Hbond substituents is 1. The van der Waals surface area contributed by atoms with Gasteiger partial charge in [-0.3, -0.25) is 9.69 Å². The number of amidine groups is 1. The van der Waals surface area contributed by atoms with Gasteiger partial charge in [0.2, 0.25) is 0 Å². The van der Waals surface area contributed by atoms with Gasteiger partial charge in [0, 0.05) is 24.7 Å². The van der Waals surface area contributed by atoms with Crippen molar-refractivity contribution in [1.29, 1.82) is 0 Å². The standard InChI is InChI=1S/C19H18N2O4S/c1-21-18(23)17(9-12-7-8-15(24-2)11-16(12)25-3)26-19(21)20-13-5-4-6-14(22)10-13/h4-11,22H,1-3H3/b17-9-,20-19?. The first kappa shape index (κ1) is 17.9.